The van der Waals surface area contributed by atoms with Crippen LogP contribution in [0.5, 0.6) is 0 Å². The van der Waals surface area contributed by atoms with Gasteiger partial charge in [-0.3, -0.25) is 0 Å². The van der Waals surface area contributed by atoms with Gasteiger partial charge in [-0.15, -0.1) is 0 Å². The van der Waals surface area contributed by atoms with E-state index in [-0.39, 0.29) is 11.5 Å². The molecule has 1 saturated carbocycles. The Bertz CT molecular complexity index is 213. The van der Waals surface area contributed by atoms with Gasteiger partial charge in [-0.1, -0.05) is 20.8 Å². The van der Waals surface area contributed by atoms with E-state index in [0.717, 1.165) is 0 Å². The molecule has 0 atom stereocenters. The van der Waals surface area contributed by atoms with Gasteiger partial charge in [0.15, 0.2) is 0 Å². The zero-order valence-electron chi connectivity index (χ0n) is 8.33. The molecule has 0 saturated heterocycles. The summed E-state index contributed by atoms with van der Waals surface area (Å²) in [4.78, 5) is 10.7. The number of carbonyl (C=O) groups is 1. The van der Waals surface area contributed by atoms with Gasteiger partial charge in [-0.2, -0.15) is 0 Å². The zero-order chi connectivity index (χ0) is 10.3. The van der Waals surface area contributed by atoms with Crippen LogP contribution < -0.4 is 5.73 Å². The second-order valence-electron chi connectivity index (χ2n) is 4.73. The van der Waals surface area contributed by atoms with Gasteiger partial charge in [0, 0.05) is 18.3 Å². The van der Waals surface area contributed by atoms with E-state index in [9.17, 15) is 9.90 Å². The highest BCUT2D eigenvalue weighted by molar-refractivity contribution is 5.65. The second kappa shape index (κ2) is 2.87. The zero-order valence-corrected chi connectivity index (χ0v) is 8.33. The first-order valence-corrected chi connectivity index (χ1v) is 4.43. The SMILES string of the molecule is CC(C)(C)C1(OC(N)=O)CC(O)C1. The summed E-state index contributed by atoms with van der Waals surface area (Å²) in [6.45, 7) is 5.92. The van der Waals surface area contributed by atoms with Crippen LogP contribution >= 0.6 is 0 Å². The number of nitrogens with two attached hydrogens (primary N) is 1. The molecule has 3 N–H and O–H groups in total. The minimum absolute atomic E-state index is 0.179. The van der Waals surface area contributed by atoms with Crippen molar-refractivity contribution in [1.29, 1.82) is 0 Å². The van der Waals surface area contributed by atoms with Crippen molar-refractivity contribution < 1.29 is 14.6 Å². The summed E-state index contributed by atoms with van der Waals surface area (Å²) in [5.74, 6) is 0. The quantitative estimate of drug-likeness (QED) is 0.643. The molecule has 1 aliphatic carbocycles. The monoisotopic (exact) mass is 187 g/mol. The highest BCUT2D eigenvalue weighted by Gasteiger charge is 2.54. The van der Waals surface area contributed by atoms with Crippen LogP contribution in [0.15, 0.2) is 0 Å². The summed E-state index contributed by atoms with van der Waals surface area (Å²) in [5, 5.41) is 9.23. The number of primary amides is 1. The van der Waals surface area contributed by atoms with Gasteiger partial charge in [0.05, 0.1) is 6.10 Å². The molecule has 0 radical (unpaired) electrons. The van der Waals surface area contributed by atoms with Crippen LogP contribution in [0, 0.1) is 5.41 Å². The summed E-state index contributed by atoms with van der Waals surface area (Å²) in [7, 11) is 0. The molecule has 1 aliphatic rings. The van der Waals surface area contributed by atoms with Gasteiger partial charge in [-0.05, 0) is 0 Å². The van der Waals surface area contributed by atoms with Crippen LogP contribution in [-0.2, 0) is 4.74 Å². The minimum atomic E-state index is -0.762. The van der Waals surface area contributed by atoms with Crippen molar-refractivity contribution in [2.24, 2.45) is 11.1 Å². The molecule has 0 unspecified atom stereocenters. The Labute approximate surface area is 78.1 Å². The van der Waals surface area contributed by atoms with E-state index in [0.29, 0.717) is 12.8 Å². The topological polar surface area (TPSA) is 72.5 Å². The van der Waals surface area contributed by atoms with Crippen LogP contribution in [0.25, 0.3) is 0 Å². The maximum atomic E-state index is 10.7. The number of aliphatic hydroxyl groups is 1. The van der Waals surface area contributed by atoms with Crippen LogP contribution in [-0.4, -0.2) is 22.9 Å². The summed E-state index contributed by atoms with van der Waals surface area (Å²) in [6.07, 6.45) is -0.154. The molecule has 0 aromatic heterocycles. The van der Waals surface area contributed by atoms with Gasteiger partial charge >= 0.3 is 6.09 Å². The van der Waals surface area contributed by atoms with E-state index in [4.69, 9.17) is 10.5 Å². The molecule has 1 rings (SSSR count). The molecular weight excluding hydrogens is 170 g/mol. The standard InChI is InChI=1S/C9H17NO3/c1-8(2,3)9(13-7(10)12)4-6(11)5-9/h6,11H,4-5H2,1-3H3,(H2,10,12). The van der Waals surface area contributed by atoms with Crippen molar-refractivity contribution in [1.82, 2.24) is 0 Å². The average molecular weight is 187 g/mol. The third kappa shape index (κ3) is 1.77. The largest absolute Gasteiger partial charge is 0.442 e. The van der Waals surface area contributed by atoms with Gasteiger partial charge in [0.25, 0.3) is 0 Å². The second-order valence-corrected chi connectivity index (χ2v) is 4.73. The maximum Gasteiger partial charge on any atom is 0.405 e. The highest BCUT2D eigenvalue weighted by atomic mass is 16.6. The maximum absolute atomic E-state index is 10.7. The third-order valence-corrected chi connectivity index (χ3v) is 2.79. The number of aliphatic hydroxyl groups excluding tert-OH is 1. The molecular formula is C9H17NO3. The first-order chi connectivity index (χ1) is 5.77. The number of rotatable bonds is 1. The van der Waals surface area contributed by atoms with Crippen molar-refractivity contribution in [3.63, 3.8) is 0 Å². The smallest absolute Gasteiger partial charge is 0.405 e. The Morgan fingerprint density at radius 3 is 2.23 bits per heavy atom. The third-order valence-electron chi connectivity index (χ3n) is 2.79. The lowest BCUT2D eigenvalue weighted by Gasteiger charge is -2.52. The first-order valence-electron chi connectivity index (χ1n) is 4.43. The predicted octanol–water partition coefficient (Wildman–Crippen LogP) is 1.02. The number of hydrogen-bond donors (Lipinski definition) is 2. The number of ether oxygens (including phenoxy) is 1. The van der Waals surface area contributed by atoms with E-state index in [2.05, 4.69) is 0 Å². The summed E-state index contributed by atoms with van der Waals surface area (Å²) in [6, 6.07) is 0. The Kier molecular flexibility index (Phi) is 2.28. The molecule has 0 heterocycles. The van der Waals surface area contributed by atoms with Crippen molar-refractivity contribution in [2.75, 3.05) is 0 Å². The van der Waals surface area contributed by atoms with Crippen molar-refractivity contribution >= 4 is 6.09 Å². The fourth-order valence-corrected chi connectivity index (χ4v) is 1.74. The lowest BCUT2D eigenvalue weighted by Crippen LogP contribution is -2.59. The molecule has 76 valence electrons. The van der Waals surface area contributed by atoms with E-state index in [1.165, 1.54) is 0 Å². The number of hydrogen-bond acceptors (Lipinski definition) is 3. The number of amides is 1. The highest BCUT2D eigenvalue weighted by Crippen LogP contribution is 2.48. The van der Waals surface area contributed by atoms with Crippen molar-refractivity contribution in [2.45, 2.75) is 45.3 Å². The van der Waals surface area contributed by atoms with Gasteiger partial charge in [0.2, 0.25) is 0 Å². The molecule has 4 heteroatoms. The molecule has 0 aliphatic heterocycles. The Morgan fingerprint density at radius 1 is 1.54 bits per heavy atom. The van der Waals surface area contributed by atoms with Gasteiger partial charge in [0.1, 0.15) is 5.60 Å². The van der Waals surface area contributed by atoms with Crippen LogP contribution in [0.3, 0.4) is 0 Å². The minimum Gasteiger partial charge on any atom is -0.442 e. The molecule has 1 amide bonds. The van der Waals surface area contributed by atoms with E-state index >= 15 is 0 Å². The van der Waals surface area contributed by atoms with Gasteiger partial charge < -0.3 is 15.6 Å². The fourth-order valence-electron chi connectivity index (χ4n) is 1.74. The summed E-state index contributed by atoms with van der Waals surface area (Å²) in [5.41, 5.74) is 4.24. The van der Waals surface area contributed by atoms with E-state index in [1.54, 1.807) is 0 Å². The Balaban J connectivity index is 2.73. The van der Waals surface area contributed by atoms with Crippen LogP contribution in [0.2, 0.25) is 0 Å². The molecule has 0 spiro atoms. The molecule has 0 aromatic rings. The van der Waals surface area contributed by atoms with Crippen molar-refractivity contribution in [3.8, 4) is 0 Å². The molecule has 0 bridgehead atoms. The van der Waals surface area contributed by atoms with Crippen LogP contribution in [0.4, 0.5) is 4.79 Å². The lowest BCUT2D eigenvalue weighted by molar-refractivity contribution is -0.172. The van der Waals surface area contributed by atoms with Crippen molar-refractivity contribution in [3.05, 3.63) is 0 Å². The molecule has 0 aromatic carbocycles. The summed E-state index contributed by atoms with van der Waals surface area (Å²) >= 11 is 0. The lowest BCUT2D eigenvalue weighted by atomic mass is 9.62. The summed E-state index contributed by atoms with van der Waals surface area (Å²) < 4.78 is 5.09. The van der Waals surface area contributed by atoms with E-state index in [1.807, 2.05) is 20.8 Å². The molecule has 1 fully saturated rings. The Morgan fingerprint density at radius 2 is 2.00 bits per heavy atom. The molecule has 4 nitrogen and oxygen atoms in total. The normalized spacial score (nSPS) is 33.7. The van der Waals surface area contributed by atoms with E-state index < -0.39 is 11.7 Å². The predicted molar refractivity (Wildman–Crippen MR) is 48.1 cm³/mol. The van der Waals surface area contributed by atoms with Gasteiger partial charge in [-0.25, -0.2) is 4.79 Å². The fraction of sp³-hybridized carbons (Fsp3) is 0.889. The Hall–Kier alpha value is -0.770. The average Bonchev–Trinajstić information content (AvgIpc) is 1.79. The van der Waals surface area contributed by atoms with Crippen LogP contribution in [0.1, 0.15) is 33.6 Å². The molecule has 13 heavy (non-hydrogen) atoms. The first kappa shape index (κ1) is 10.3. The number of carbonyl (C=O) groups excluding carboxylic acids is 1.